The third-order valence-electron chi connectivity index (χ3n) is 5.84. The number of anilines is 3. The van der Waals surface area contributed by atoms with Crippen LogP contribution in [0.2, 0.25) is 0 Å². The summed E-state index contributed by atoms with van der Waals surface area (Å²) in [5, 5.41) is 17.2. The lowest BCUT2D eigenvalue weighted by Crippen LogP contribution is -2.25. The number of alkyl halides is 3. The Morgan fingerprint density at radius 3 is 2.69 bits per heavy atom. The Hall–Kier alpha value is -3.48. The second-order valence-corrected chi connectivity index (χ2v) is 9.12. The van der Waals surface area contributed by atoms with Crippen LogP contribution >= 0.6 is 0 Å². The van der Waals surface area contributed by atoms with Crippen LogP contribution in [0.15, 0.2) is 18.3 Å². The van der Waals surface area contributed by atoms with E-state index in [0.29, 0.717) is 47.3 Å². The zero-order chi connectivity index (χ0) is 26.0. The Kier molecular flexibility index (Phi) is 7.29. The fourth-order valence-corrected chi connectivity index (χ4v) is 4.02. The summed E-state index contributed by atoms with van der Waals surface area (Å²) in [6, 6.07) is 3.67. The summed E-state index contributed by atoms with van der Waals surface area (Å²) < 4.78 is 43.9. The Morgan fingerprint density at radius 1 is 1.31 bits per heavy atom. The van der Waals surface area contributed by atoms with E-state index in [9.17, 15) is 23.1 Å². The minimum atomic E-state index is -4.42. The SMILES string of the molecule is Cc1ccc(Nc2nc(N3CC[C@H](C(=O)O)C3)nc3c(C(C)C)nn(CCOCC(F)(F)F)c23)nc1. The normalized spacial score (nSPS) is 16.3. The molecule has 4 rings (SSSR count). The maximum atomic E-state index is 12.5. The van der Waals surface area contributed by atoms with Gasteiger partial charge >= 0.3 is 12.1 Å². The number of nitrogens with zero attached hydrogens (tertiary/aromatic N) is 6. The molecule has 10 nitrogen and oxygen atoms in total. The van der Waals surface area contributed by atoms with Crippen molar-refractivity contribution in [2.24, 2.45) is 5.92 Å². The van der Waals surface area contributed by atoms with Crippen molar-refractivity contribution < 1.29 is 27.8 Å². The molecule has 0 bridgehead atoms. The minimum absolute atomic E-state index is 0.0386. The molecule has 194 valence electrons. The first kappa shape index (κ1) is 25.6. The van der Waals surface area contributed by atoms with Crippen LogP contribution < -0.4 is 10.2 Å². The number of carboxylic acid groups (broad SMARTS) is 1. The standard InChI is InChI=1S/C23H28F3N7O3/c1-13(2)17-18-19(33(31-17)8-9-36-12-23(24,25)26)20(28-16-5-4-14(3)10-27-16)30-22(29-18)32-7-6-15(11-32)21(34)35/h4-5,10,13,15H,6-9,11-12H2,1-3H3,(H,34,35)(H,27,28,29,30)/t15-/m0/s1. The molecule has 0 aliphatic carbocycles. The number of fused-ring (bicyclic) bond motifs is 1. The number of rotatable bonds is 9. The van der Waals surface area contributed by atoms with Gasteiger partial charge < -0.3 is 20.1 Å². The van der Waals surface area contributed by atoms with Crippen LogP contribution in [0.4, 0.5) is 30.8 Å². The molecule has 36 heavy (non-hydrogen) atoms. The molecule has 0 unspecified atom stereocenters. The highest BCUT2D eigenvalue weighted by molar-refractivity contribution is 5.90. The molecule has 0 spiro atoms. The van der Waals surface area contributed by atoms with Gasteiger partial charge in [0, 0.05) is 19.3 Å². The molecule has 2 N–H and O–H groups in total. The van der Waals surface area contributed by atoms with E-state index in [0.717, 1.165) is 5.56 Å². The molecule has 1 aliphatic rings. The first-order chi connectivity index (χ1) is 17.0. The van der Waals surface area contributed by atoms with Gasteiger partial charge in [0.25, 0.3) is 0 Å². The van der Waals surface area contributed by atoms with E-state index in [2.05, 4.69) is 20.4 Å². The number of carboxylic acids is 1. The topological polar surface area (TPSA) is 118 Å². The van der Waals surface area contributed by atoms with Crippen molar-refractivity contribution in [3.63, 3.8) is 0 Å². The van der Waals surface area contributed by atoms with Gasteiger partial charge in [0.2, 0.25) is 5.95 Å². The van der Waals surface area contributed by atoms with E-state index in [1.54, 1.807) is 16.9 Å². The molecule has 0 saturated carbocycles. The zero-order valence-electron chi connectivity index (χ0n) is 20.2. The molecule has 13 heteroatoms. The molecule has 0 radical (unpaired) electrons. The van der Waals surface area contributed by atoms with Crippen molar-refractivity contribution in [3.8, 4) is 0 Å². The van der Waals surface area contributed by atoms with Crippen LogP contribution in [0.3, 0.4) is 0 Å². The van der Waals surface area contributed by atoms with Crippen molar-refractivity contribution in [1.29, 1.82) is 0 Å². The highest BCUT2D eigenvalue weighted by atomic mass is 19.4. The van der Waals surface area contributed by atoms with E-state index in [1.807, 2.05) is 31.7 Å². The lowest BCUT2D eigenvalue weighted by Gasteiger charge is -2.18. The molecular formula is C23H28F3N7O3. The summed E-state index contributed by atoms with van der Waals surface area (Å²) in [7, 11) is 0. The van der Waals surface area contributed by atoms with Crippen LogP contribution in [-0.4, -0.2) is 68.3 Å². The van der Waals surface area contributed by atoms with Crippen LogP contribution in [-0.2, 0) is 16.1 Å². The van der Waals surface area contributed by atoms with Crippen LogP contribution in [0, 0.1) is 12.8 Å². The fraction of sp³-hybridized carbons (Fsp3) is 0.522. The minimum Gasteiger partial charge on any atom is -0.481 e. The number of carbonyl (C=O) groups is 1. The largest absolute Gasteiger partial charge is 0.481 e. The number of aryl methyl sites for hydroxylation is 1. The Bertz CT molecular complexity index is 1230. The summed E-state index contributed by atoms with van der Waals surface area (Å²) >= 11 is 0. The second kappa shape index (κ2) is 10.2. The maximum Gasteiger partial charge on any atom is 0.411 e. The Labute approximate surface area is 205 Å². The van der Waals surface area contributed by atoms with Gasteiger partial charge in [-0.1, -0.05) is 19.9 Å². The maximum absolute atomic E-state index is 12.5. The predicted molar refractivity (Wildman–Crippen MR) is 126 cm³/mol. The quantitative estimate of drug-likeness (QED) is 0.416. The molecule has 1 saturated heterocycles. The molecule has 1 aliphatic heterocycles. The van der Waals surface area contributed by atoms with Gasteiger partial charge in [0.15, 0.2) is 5.82 Å². The van der Waals surface area contributed by atoms with Crippen molar-refractivity contribution in [2.75, 3.05) is 36.5 Å². The molecule has 3 aromatic rings. The number of aliphatic carboxylic acids is 1. The van der Waals surface area contributed by atoms with Gasteiger partial charge in [-0.05, 0) is 30.9 Å². The van der Waals surface area contributed by atoms with Crippen LogP contribution in [0.1, 0.15) is 37.4 Å². The number of hydrogen-bond donors (Lipinski definition) is 2. The van der Waals surface area contributed by atoms with E-state index >= 15 is 0 Å². The van der Waals surface area contributed by atoms with E-state index in [1.165, 1.54) is 0 Å². The molecule has 4 heterocycles. The zero-order valence-corrected chi connectivity index (χ0v) is 20.2. The highest BCUT2D eigenvalue weighted by Gasteiger charge is 2.31. The third kappa shape index (κ3) is 5.83. The van der Waals surface area contributed by atoms with Crippen LogP contribution in [0.5, 0.6) is 0 Å². The molecule has 1 fully saturated rings. The van der Waals surface area contributed by atoms with Crippen molar-refractivity contribution in [3.05, 3.63) is 29.6 Å². The first-order valence-electron chi connectivity index (χ1n) is 11.6. The van der Waals surface area contributed by atoms with Gasteiger partial charge in [-0.25, -0.2) is 9.97 Å². The Morgan fingerprint density at radius 2 is 2.08 bits per heavy atom. The lowest BCUT2D eigenvalue weighted by molar-refractivity contribution is -0.174. The lowest BCUT2D eigenvalue weighted by atomic mass is 10.1. The van der Waals surface area contributed by atoms with Crippen LogP contribution in [0.25, 0.3) is 11.0 Å². The van der Waals surface area contributed by atoms with E-state index in [4.69, 9.17) is 9.72 Å². The summed E-state index contributed by atoms with van der Waals surface area (Å²) in [4.78, 5) is 27.1. The van der Waals surface area contributed by atoms with Gasteiger partial charge in [0.05, 0.1) is 24.8 Å². The van der Waals surface area contributed by atoms with Crippen molar-refractivity contribution in [1.82, 2.24) is 24.7 Å². The number of halogens is 3. The summed E-state index contributed by atoms with van der Waals surface area (Å²) in [5.74, 6) is -0.171. The van der Waals surface area contributed by atoms with E-state index < -0.39 is 24.7 Å². The second-order valence-electron chi connectivity index (χ2n) is 9.12. The average Bonchev–Trinajstić information content (AvgIpc) is 3.43. The molecule has 0 aromatic carbocycles. The molecule has 1 atom stereocenters. The van der Waals surface area contributed by atoms with E-state index in [-0.39, 0.29) is 25.6 Å². The molecule has 0 amide bonds. The Balaban J connectivity index is 1.75. The van der Waals surface area contributed by atoms with Crippen molar-refractivity contribution >= 4 is 34.6 Å². The number of nitrogens with one attached hydrogen (secondary N) is 1. The summed E-state index contributed by atoms with van der Waals surface area (Å²) in [6.07, 6.45) is -2.24. The summed E-state index contributed by atoms with van der Waals surface area (Å²) in [6.45, 7) is 5.07. The number of hydrogen-bond acceptors (Lipinski definition) is 8. The predicted octanol–water partition coefficient (Wildman–Crippen LogP) is 3.89. The fourth-order valence-electron chi connectivity index (χ4n) is 4.02. The van der Waals surface area contributed by atoms with Gasteiger partial charge in [-0.15, -0.1) is 0 Å². The number of aromatic nitrogens is 5. The number of ether oxygens (including phenoxy) is 1. The summed E-state index contributed by atoms with van der Waals surface area (Å²) in [5.41, 5.74) is 2.67. The number of pyridine rings is 1. The average molecular weight is 508 g/mol. The molecule has 3 aromatic heterocycles. The third-order valence-corrected chi connectivity index (χ3v) is 5.84. The monoisotopic (exact) mass is 507 g/mol. The van der Waals surface area contributed by atoms with Crippen molar-refractivity contribution in [2.45, 2.75) is 45.8 Å². The van der Waals surface area contributed by atoms with Gasteiger partial charge in [-0.2, -0.15) is 23.3 Å². The highest BCUT2D eigenvalue weighted by Crippen LogP contribution is 2.33. The smallest absolute Gasteiger partial charge is 0.411 e. The van der Waals surface area contributed by atoms with Gasteiger partial charge in [0.1, 0.15) is 23.5 Å². The van der Waals surface area contributed by atoms with Gasteiger partial charge in [-0.3, -0.25) is 9.48 Å². The first-order valence-corrected chi connectivity index (χ1v) is 11.6. The molecular weight excluding hydrogens is 479 g/mol.